The molecule has 6 heteroatoms. The van der Waals surface area contributed by atoms with Crippen LogP contribution in [0.25, 0.3) is 0 Å². The number of aliphatic hydroxyl groups is 1. The zero-order chi connectivity index (χ0) is 15.1. The highest BCUT2D eigenvalue weighted by molar-refractivity contribution is 5.74. The van der Waals surface area contributed by atoms with Gasteiger partial charge in [-0.15, -0.1) is 6.58 Å². The molecule has 0 fully saturated rings. The molecule has 1 unspecified atom stereocenters. The average molecular weight is 284 g/mol. The molecule has 0 saturated carbocycles. The predicted octanol–water partition coefficient (Wildman–Crippen LogP) is 2.22. The Labute approximate surface area is 116 Å². The van der Waals surface area contributed by atoms with Crippen LogP contribution in [0.3, 0.4) is 0 Å². The van der Waals surface area contributed by atoms with Gasteiger partial charge >= 0.3 is 6.03 Å². The molecule has 0 heterocycles. The summed E-state index contributed by atoms with van der Waals surface area (Å²) in [5, 5.41) is 11.5. The van der Waals surface area contributed by atoms with Crippen molar-refractivity contribution in [3.05, 3.63) is 48.1 Å². The number of hydrogen-bond donors (Lipinski definition) is 2. The van der Waals surface area contributed by atoms with Gasteiger partial charge in [-0.05, 0) is 24.6 Å². The third-order valence-electron chi connectivity index (χ3n) is 2.79. The van der Waals surface area contributed by atoms with Gasteiger partial charge in [0.25, 0.3) is 0 Å². The largest absolute Gasteiger partial charge is 0.395 e. The number of urea groups is 1. The van der Waals surface area contributed by atoms with E-state index in [1.54, 1.807) is 6.92 Å². The molecule has 20 heavy (non-hydrogen) atoms. The molecule has 0 radical (unpaired) electrons. The Morgan fingerprint density at radius 2 is 2.20 bits per heavy atom. The van der Waals surface area contributed by atoms with Gasteiger partial charge in [-0.1, -0.05) is 12.1 Å². The fourth-order valence-electron chi connectivity index (χ4n) is 1.69. The van der Waals surface area contributed by atoms with Crippen molar-refractivity contribution in [3.63, 3.8) is 0 Å². The quantitative estimate of drug-likeness (QED) is 0.787. The fourth-order valence-corrected chi connectivity index (χ4v) is 1.69. The molecule has 0 aliphatic carbocycles. The summed E-state index contributed by atoms with van der Waals surface area (Å²) in [7, 11) is 0. The molecule has 0 bridgehead atoms. The number of aliphatic hydroxyl groups excluding tert-OH is 1. The first-order valence-electron chi connectivity index (χ1n) is 6.21. The molecular weight excluding hydrogens is 266 g/mol. The number of carbonyl (C=O) groups excluding carboxylic acids is 1. The third kappa shape index (κ3) is 4.31. The Balaban J connectivity index is 2.72. The molecule has 2 amide bonds. The number of hydrogen-bond acceptors (Lipinski definition) is 2. The summed E-state index contributed by atoms with van der Waals surface area (Å²) >= 11 is 0. The monoisotopic (exact) mass is 284 g/mol. The Hall–Kier alpha value is -1.95. The van der Waals surface area contributed by atoms with Crippen molar-refractivity contribution in [2.45, 2.75) is 13.0 Å². The van der Waals surface area contributed by atoms with E-state index >= 15 is 0 Å². The molecule has 2 N–H and O–H groups in total. The minimum atomic E-state index is -0.957. The van der Waals surface area contributed by atoms with Crippen LogP contribution in [0.4, 0.5) is 13.6 Å². The molecule has 4 nitrogen and oxygen atoms in total. The van der Waals surface area contributed by atoms with Crippen LogP contribution in [0.5, 0.6) is 0 Å². The Kier molecular flexibility index (Phi) is 6.11. The molecule has 110 valence electrons. The van der Waals surface area contributed by atoms with Crippen LogP contribution in [-0.2, 0) is 0 Å². The van der Waals surface area contributed by atoms with Crippen molar-refractivity contribution in [3.8, 4) is 0 Å². The lowest BCUT2D eigenvalue weighted by Gasteiger charge is -2.23. The van der Waals surface area contributed by atoms with Gasteiger partial charge in [-0.2, -0.15) is 0 Å². The summed E-state index contributed by atoms with van der Waals surface area (Å²) in [4.78, 5) is 13.3. The van der Waals surface area contributed by atoms with Crippen LogP contribution >= 0.6 is 0 Å². The molecule has 0 saturated heterocycles. The van der Waals surface area contributed by atoms with Crippen LogP contribution in [0.1, 0.15) is 18.5 Å². The summed E-state index contributed by atoms with van der Waals surface area (Å²) in [5.74, 6) is -1.89. The van der Waals surface area contributed by atoms with Crippen LogP contribution in [0.15, 0.2) is 30.9 Å². The Bertz CT molecular complexity index is 480. The smallest absolute Gasteiger partial charge is 0.318 e. The molecule has 1 aromatic rings. The van der Waals surface area contributed by atoms with E-state index in [0.29, 0.717) is 5.56 Å². The summed E-state index contributed by atoms with van der Waals surface area (Å²) in [6.07, 6.45) is 1.54. The maximum absolute atomic E-state index is 13.1. The standard InChI is InChI=1S/C14H18F2N2O2/c1-3-6-18(7-8-19)14(20)17-10(2)11-4-5-12(15)13(16)9-11/h3-5,9-10,19H,1,6-8H2,2H3,(H,17,20). The Morgan fingerprint density at radius 1 is 1.50 bits per heavy atom. The maximum atomic E-state index is 13.1. The van der Waals surface area contributed by atoms with Gasteiger partial charge in [-0.3, -0.25) is 0 Å². The fraction of sp³-hybridized carbons (Fsp3) is 0.357. The minimum absolute atomic E-state index is 0.166. The van der Waals surface area contributed by atoms with E-state index in [0.717, 1.165) is 12.1 Å². The lowest BCUT2D eigenvalue weighted by Crippen LogP contribution is -2.42. The zero-order valence-electron chi connectivity index (χ0n) is 11.3. The highest BCUT2D eigenvalue weighted by Crippen LogP contribution is 2.16. The van der Waals surface area contributed by atoms with E-state index in [4.69, 9.17) is 5.11 Å². The summed E-state index contributed by atoms with van der Waals surface area (Å²) in [5.41, 5.74) is 0.458. The number of amides is 2. The second-order valence-electron chi connectivity index (χ2n) is 4.30. The van der Waals surface area contributed by atoms with Gasteiger partial charge < -0.3 is 15.3 Å². The highest BCUT2D eigenvalue weighted by Gasteiger charge is 2.16. The number of nitrogens with one attached hydrogen (secondary N) is 1. The second kappa shape index (κ2) is 7.59. The van der Waals surface area contributed by atoms with E-state index in [1.807, 2.05) is 0 Å². The van der Waals surface area contributed by atoms with E-state index in [-0.39, 0.29) is 19.7 Å². The van der Waals surface area contributed by atoms with E-state index in [1.165, 1.54) is 17.0 Å². The molecular formula is C14H18F2N2O2. The van der Waals surface area contributed by atoms with Crippen LogP contribution in [0.2, 0.25) is 0 Å². The third-order valence-corrected chi connectivity index (χ3v) is 2.79. The Morgan fingerprint density at radius 3 is 2.75 bits per heavy atom. The second-order valence-corrected chi connectivity index (χ2v) is 4.30. The topological polar surface area (TPSA) is 52.6 Å². The van der Waals surface area contributed by atoms with Crippen molar-refractivity contribution in [1.82, 2.24) is 10.2 Å². The molecule has 1 rings (SSSR count). The molecule has 1 atom stereocenters. The first kappa shape index (κ1) is 16.1. The number of nitrogens with zero attached hydrogens (tertiary/aromatic N) is 1. The summed E-state index contributed by atoms with van der Waals surface area (Å²) in [6.45, 7) is 5.48. The molecule has 0 aliphatic rings. The van der Waals surface area contributed by atoms with Crippen molar-refractivity contribution < 1.29 is 18.7 Å². The number of benzene rings is 1. The number of halogens is 2. The average Bonchev–Trinajstić information content (AvgIpc) is 2.41. The van der Waals surface area contributed by atoms with E-state index < -0.39 is 23.7 Å². The predicted molar refractivity (Wildman–Crippen MR) is 72.2 cm³/mol. The molecule has 0 aromatic heterocycles. The van der Waals surface area contributed by atoms with E-state index in [2.05, 4.69) is 11.9 Å². The normalized spacial score (nSPS) is 11.8. The number of carbonyl (C=O) groups is 1. The summed E-state index contributed by atoms with van der Waals surface area (Å²) < 4.78 is 26.0. The van der Waals surface area contributed by atoms with Crippen LogP contribution < -0.4 is 5.32 Å². The van der Waals surface area contributed by atoms with Crippen molar-refractivity contribution in [1.29, 1.82) is 0 Å². The van der Waals surface area contributed by atoms with Gasteiger partial charge in [0.2, 0.25) is 0 Å². The van der Waals surface area contributed by atoms with Gasteiger partial charge in [0, 0.05) is 13.1 Å². The van der Waals surface area contributed by atoms with Crippen molar-refractivity contribution in [2.24, 2.45) is 0 Å². The maximum Gasteiger partial charge on any atom is 0.318 e. The zero-order valence-corrected chi connectivity index (χ0v) is 11.3. The molecule has 0 aliphatic heterocycles. The minimum Gasteiger partial charge on any atom is -0.395 e. The van der Waals surface area contributed by atoms with Crippen molar-refractivity contribution in [2.75, 3.05) is 19.7 Å². The van der Waals surface area contributed by atoms with E-state index in [9.17, 15) is 13.6 Å². The van der Waals surface area contributed by atoms with Gasteiger partial charge in [0.1, 0.15) is 0 Å². The first-order chi connectivity index (χ1) is 9.49. The SMILES string of the molecule is C=CCN(CCO)C(=O)NC(C)c1ccc(F)c(F)c1. The number of rotatable bonds is 6. The van der Waals surface area contributed by atoms with Crippen molar-refractivity contribution >= 4 is 6.03 Å². The lowest BCUT2D eigenvalue weighted by atomic mass is 10.1. The lowest BCUT2D eigenvalue weighted by molar-refractivity contribution is 0.181. The van der Waals surface area contributed by atoms with Crippen LogP contribution in [0, 0.1) is 11.6 Å². The van der Waals surface area contributed by atoms with Gasteiger partial charge in [0.05, 0.1) is 12.6 Å². The summed E-state index contributed by atoms with van der Waals surface area (Å²) in [6, 6.07) is 2.58. The highest BCUT2D eigenvalue weighted by atomic mass is 19.2. The van der Waals surface area contributed by atoms with Gasteiger partial charge in [0.15, 0.2) is 11.6 Å². The molecule has 1 aromatic carbocycles. The first-order valence-corrected chi connectivity index (χ1v) is 6.21. The molecule has 0 spiro atoms. The van der Waals surface area contributed by atoms with Gasteiger partial charge in [-0.25, -0.2) is 13.6 Å². The van der Waals surface area contributed by atoms with Crippen LogP contribution in [-0.4, -0.2) is 35.7 Å².